The maximum Gasteiger partial charge on any atom is 0.325 e. The molecule has 78 valence electrons. The number of carbonyl (C=O) groups excluding carboxylic acids is 1. The van der Waals surface area contributed by atoms with Gasteiger partial charge in [0.05, 0.1) is 7.11 Å². The van der Waals surface area contributed by atoms with Crippen molar-refractivity contribution >= 4 is 16.0 Å². The average molecular weight is 209 g/mol. The Balaban J connectivity index is 4.55. The first kappa shape index (κ1) is 12.4. The molecule has 0 heterocycles. The van der Waals surface area contributed by atoms with Crippen LogP contribution in [0.15, 0.2) is 0 Å². The van der Waals surface area contributed by atoms with Crippen LogP contribution in [0, 0.1) is 0 Å². The summed E-state index contributed by atoms with van der Waals surface area (Å²) in [6.07, 6.45) is 0. The number of hydrogen-bond acceptors (Lipinski definition) is 4. The molecule has 6 heteroatoms. The minimum absolute atomic E-state index is 0.225. The van der Waals surface area contributed by atoms with Crippen LogP contribution in [-0.4, -0.2) is 32.8 Å². The summed E-state index contributed by atoms with van der Waals surface area (Å²) >= 11 is 0. The molecule has 0 bridgehead atoms. The molecule has 0 saturated heterocycles. The molecule has 1 atom stereocenters. The van der Waals surface area contributed by atoms with Crippen molar-refractivity contribution < 1.29 is 17.9 Å². The number of esters is 1. The van der Waals surface area contributed by atoms with Crippen molar-refractivity contribution in [2.24, 2.45) is 0 Å². The second-order valence-corrected chi connectivity index (χ2v) is 5.02. The highest BCUT2D eigenvalue weighted by atomic mass is 32.2. The van der Waals surface area contributed by atoms with Crippen LogP contribution >= 0.6 is 0 Å². The van der Waals surface area contributed by atoms with E-state index in [1.807, 2.05) is 0 Å². The van der Waals surface area contributed by atoms with Crippen molar-refractivity contribution in [3.63, 3.8) is 0 Å². The van der Waals surface area contributed by atoms with Crippen LogP contribution in [-0.2, 0) is 19.6 Å². The van der Waals surface area contributed by atoms with Gasteiger partial charge >= 0.3 is 5.97 Å². The zero-order valence-corrected chi connectivity index (χ0v) is 9.01. The molecule has 0 fully saturated rings. The van der Waals surface area contributed by atoms with Gasteiger partial charge in [-0.1, -0.05) is 0 Å². The average Bonchev–Trinajstić information content (AvgIpc) is 1.99. The lowest BCUT2D eigenvalue weighted by Crippen LogP contribution is -2.41. The quantitative estimate of drug-likeness (QED) is 0.655. The number of rotatable bonds is 4. The van der Waals surface area contributed by atoms with E-state index < -0.39 is 21.2 Å². The first-order valence-electron chi connectivity index (χ1n) is 3.90. The molecule has 0 aliphatic heterocycles. The van der Waals surface area contributed by atoms with E-state index in [0.717, 1.165) is 7.11 Å². The van der Waals surface area contributed by atoms with Crippen molar-refractivity contribution in [2.75, 3.05) is 7.11 Å². The molecule has 0 amide bonds. The van der Waals surface area contributed by atoms with Gasteiger partial charge in [0.15, 0.2) is 5.25 Å². The Hall–Kier alpha value is -0.620. The fraction of sp³-hybridized carbons (Fsp3) is 0.857. The van der Waals surface area contributed by atoms with Crippen molar-refractivity contribution in [1.82, 2.24) is 4.72 Å². The Morgan fingerprint density at radius 1 is 1.31 bits per heavy atom. The van der Waals surface area contributed by atoms with E-state index in [1.54, 1.807) is 13.8 Å². The molecule has 0 aliphatic carbocycles. The van der Waals surface area contributed by atoms with Crippen LogP contribution in [0.25, 0.3) is 0 Å². The minimum atomic E-state index is -3.60. The molecular weight excluding hydrogens is 194 g/mol. The Morgan fingerprint density at radius 2 is 1.77 bits per heavy atom. The molecule has 0 aromatic rings. The predicted octanol–water partition coefficient (Wildman–Crippen LogP) is -0.124. The van der Waals surface area contributed by atoms with E-state index in [0.29, 0.717) is 0 Å². The summed E-state index contributed by atoms with van der Waals surface area (Å²) in [4.78, 5) is 10.9. The van der Waals surface area contributed by atoms with E-state index in [-0.39, 0.29) is 6.04 Å². The maximum absolute atomic E-state index is 11.3. The van der Waals surface area contributed by atoms with E-state index >= 15 is 0 Å². The Bertz CT molecular complexity index is 270. The van der Waals surface area contributed by atoms with Crippen LogP contribution in [0.2, 0.25) is 0 Å². The second-order valence-electron chi connectivity index (χ2n) is 2.98. The largest absolute Gasteiger partial charge is 0.468 e. The number of sulfonamides is 1. The van der Waals surface area contributed by atoms with Crippen molar-refractivity contribution in [2.45, 2.75) is 32.1 Å². The summed E-state index contributed by atoms with van der Waals surface area (Å²) in [5, 5.41) is -1.17. The van der Waals surface area contributed by atoms with Gasteiger partial charge in [-0.3, -0.25) is 4.79 Å². The third kappa shape index (κ3) is 3.73. The summed E-state index contributed by atoms with van der Waals surface area (Å²) in [6, 6.07) is -0.225. The van der Waals surface area contributed by atoms with Gasteiger partial charge in [0.1, 0.15) is 0 Å². The molecule has 0 saturated carbocycles. The number of carbonyl (C=O) groups is 1. The normalized spacial score (nSPS) is 14.2. The van der Waals surface area contributed by atoms with Crippen molar-refractivity contribution in [3.05, 3.63) is 0 Å². The van der Waals surface area contributed by atoms with Crippen LogP contribution in [0.1, 0.15) is 20.8 Å². The number of ether oxygens (including phenoxy) is 1. The third-order valence-electron chi connectivity index (χ3n) is 1.40. The van der Waals surface area contributed by atoms with E-state index in [4.69, 9.17) is 0 Å². The summed E-state index contributed by atoms with van der Waals surface area (Å²) in [7, 11) is -2.44. The highest BCUT2D eigenvalue weighted by Gasteiger charge is 2.28. The molecule has 5 nitrogen and oxygen atoms in total. The lowest BCUT2D eigenvalue weighted by atomic mass is 10.4. The molecule has 13 heavy (non-hydrogen) atoms. The molecule has 0 aromatic carbocycles. The highest BCUT2D eigenvalue weighted by Crippen LogP contribution is 2.01. The zero-order valence-electron chi connectivity index (χ0n) is 8.20. The van der Waals surface area contributed by atoms with Gasteiger partial charge in [0.2, 0.25) is 10.0 Å². The zero-order chi connectivity index (χ0) is 10.6. The fourth-order valence-corrected chi connectivity index (χ4v) is 1.93. The number of methoxy groups -OCH3 is 1. The van der Waals surface area contributed by atoms with Gasteiger partial charge in [-0.05, 0) is 20.8 Å². The van der Waals surface area contributed by atoms with Crippen molar-refractivity contribution in [1.29, 1.82) is 0 Å². The minimum Gasteiger partial charge on any atom is -0.468 e. The molecule has 0 radical (unpaired) electrons. The predicted molar refractivity (Wildman–Crippen MR) is 48.7 cm³/mol. The van der Waals surface area contributed by atoms with Crippen molar-refractivity contribution in [3.8, 4) is 0 Å². The third-order valence-corrected chi connectivity index (χ3v) is 3.32. The van der Waals surface area contributed by atoms with Gasteiger partial charge in [-0.25, -0.2) is 13.1 Å². The fourth-order valence-electron chi connectivity index (χ4n) is 0.723. The first-order chi connectivity index (χ1) is 5.81. The smallest absolute Gasteiger partial charge is 0.325 e. The standard InChI is InChI=1S/C7H15NO4S/c1-5(2)8-13(10,11)6(3)7(9)12-4/h5-6,8H,1-4H3. The first-order valence-corrected chi connectivity index (χ1v) is 5.45. The van der Waals surface area contributed by atoms with Gasteiger partial charge in [0.25, 0.3) is 0 Å². The van der Waals surface area contributed by atoms with Crippen LogP contribution in [0.5, 0.6) is 0 Å². The number of nitrogens with one attached hydrogen (secondary N) is 1. The Morgan fingerprint density at radius 3 is 2.08 bits per heavy atom. The van der Waals surface area contributed by atoms with Crippen LogP contribution < -0.4 is 4.72 Å². The molecule has 0 aromatic heterocycles. The monoisotopic (exact) mass is 209 g/mol. The maximum atomic E-state index is 11.3. The Kier molecular flexibility index (Phi) is 4.35. The van der Waals surface area contributed by atoms with E-state index in [1.165, 1.54) is 6.92 Å². The SMILES string of the molecule is COC(=O)C(C)S(=O)(=O)NC(C)C. The lowest BCUT2D eigenvalue weighted by molar-refractivity contribution is -0.139. The second kappa shape index (κ2) is 4.57. The molecule has 0 aliphatic rings. The number of hydrogen-bond donors (Lipinski definition) is 1. The summed E-state index contributed by atoms with van der Waals surface area (Å²) in [5.74, 6) is -0.756. The highest BCUT2D eigenvalue weighted by molar-refractivity contribution is 7.90. The Labute approximate surface area is 78.5 Å². The van der Waals surface area contributed by atoms with Gasteiger partial charge < -0.3 is 4.74 Å². The van der Waals surface area contributed by atoms with E-state index in [2.05, 4.69) is 9.46 Å². The topological polar surface area (TPSA) is 72.5 Å². The summed E-state index contributed by atoms with van der Waals surface area (Å²) < 4.78 is 29.3. The van der Waals surface area contributed by atoms with Gasteiger partial charge in [-0.2, -0.15) is 0 Å². The van der Waals surface area contributed by atoms with Gasteiger partial charge in [0, 0.05) is 6.04 Å². The molecule has 0 rings (SSSR count). The molecule has 1 N–H and O–H groups in total. The van der Waals surface area contributed by atoms with Gasteiger partial charge in [-0.15, -0.1) is 0 Å². The van der Waals surface area contributed by atoms with Crippen LogP contribution in [0.3, 0.4) is 0 Å². The summed E-state index contributed by atoms with van der Waals surface area (Å²) in [5.41, 5.74) is 0. The molecular formula is C7H15NO4S. The van der Waals surface area contributed by atoms with Crippen LogP contribution in [0.4, 0.5) is 0 Å². The molecule has 1 unspecified atom stereocenters. The lowest BCUT2D eigenvalue weighted by Gasteiger charge is -2.13. The molecule has 0 spiro atoms. The summed E-state index contributed by atoms with van der Waals surface area (Å²) in [6.45, 7) is 4.65. The van der Waals surface area contributed by atoms with E-state index in [9.17, 15) is 13.2 Å².